The Balaban J connectivity index is 2.14. The number of aliphatic hydroxyl groups excluding tert-OH is 1. The zero-order valence-corrected chi connectivity index (χ0v) is 9.49. The third kappa shape index (κ3) is 3.56. The maximum atomic E-state index is 9.37. The van der Waals surface area contributed by atoms with Crippen molar-refractivity contribution in [2.45, 2.75) is 51.4 Å². The number of ether oxygens (including phenoxy) is 1. The normalized spacial score (nSPS) is 31.7. The van der Waals surface area contributed by atoms with E-state index in [1.807, 2.05) is 0 Å². The van der Waals surface area contributed by atoms with E-state index in [2.05, 4.69) is 19.2 Å². The standard InChI is InChI=1S/C11H23NO2/c1-8(9(2)14-3)12-7-10-4-5-11(13)6-10/h8-13H,4-7H2,1-3H3. The molecule has 0 saturated heterocycles. The lowest BCUT2D eigenvalue weighted by molar-refractivity contribution is 0.0869. The van der Waals surface area contributed by atoms with E-state index >= 15 is 0 Å². The molecule has 1 saturated carbocycles. The van der Waals surface area contributed by atoms with Gasteiger partial charge in [-0.2, -0.15) is 0 Å². The topological polar surface area (TPSA) is 41.5 Å². The fraction of sp³-hybridized carbons (Fsp3) is 1.00. The highest BCUT2D eigenvalue weighted by molar-refractivity contribution is 4.78. The fourth-order valence-electron chi connectivity index (χ4n) is 1.96. The van der Waals surface area contributed by atoms with E-state index in [0.29, 0.717) is 12.0 Å². The molecule has 4 unspecified atom stereocenters. The van der Waals surface area contributed by atoms with Gasteiger partial charge < -0.3 is 15.2 Å². The molecule has 1 aliphatic rings. The third-order valence-electron chi connectivity index (χ3n) is 3.32. The molecule has 2 N–H and O–H groups in total. The Labute approximate surface area is 86.8 Å². The van der Waals surface area contributed by atoms with Crippen molar-refractivity contribution in [3.63, 3.8) is 0 Å². The van der Waals surface area contributed by atoms with Gasteiger partial charge in [-0.3, -0.25) is 0 Å². The van der Waals surface area contributed by atoms with Crippen LogP contribution >= 0.6 is 0 Å². The lowest BCUT2D eigenvalue weighted by atomic mass is 10.1. The Morgan fingerprint density at radius 1 is 1.43 bits per heavy atom. The molecular formula is C11H23NO2. The van der Waals surface area contributed by atoms with Gasteiger partial charge in [0.2, 0.25) is 0 Å². The molecule has 0 spiro atoms. The quantitative estimate of drug-likeness (QED) is 0.701. The summed E-state index contributed by atoms with van der Waals surface area (Å²) in [5.74, 6) is 0.650. The van der Waals surface area contributed by atoms with Crippen LogP contribution in [-0.2, 0) is 4.74 Å². The number of rotatable bonds is 5. The van der Waals surface area contributed by atoms with Crippen LogP contribution in [0.4, 0.5) is 0 Å². The molecule has 3 nitrogen and oxygen atoms in total. The SMILES string of the molecule is COC(C)C(C)NCC1CCC(O)C1. The molecule has 0 heterocycles. The molecule has 84 valence electrons. The van der Waals surface area contributed by atoms with E-state index in [1.54, 1.807) is 7.11 Å². The molecule has 0 aromatic rings. The average molecular weight is 201 g/mol. The van der Waals surface area contributed by atoms with Gasteiger partial charge in [0.15, 0.2) is 0 Å². The molecule has 14 heavy (non-hydrogen) atoms. The van der Waals surface area contributed by atoms with Crippen LogP contribution in [0, 0.1) is 5.92 Å². The van der Waals surface area contributed by atoms with Gasteiger partial charge in [-0.1, -0.05) is 0 Å². The largest absolute Gasteiger partial charge is 0.393 e. The Hall–Kier alpha value is -0.120. The zero-order chi connectivity index (χ0) is 10.6. The molecule has 0 amide bonds. The number of aliphatic hydroxyl groups is 1. The van der Waals surface area contributed by atoms with E-state index in [1.165, 1.54) is 0 Å². The lowest BCUT2D eigenvalue weighted by Crippen LogP contribution is -2.39. The predicted molar refractivity (Wildman–Crippen MR) is 57.3 cm³/mol. The van der Waals surface area contributed by atoms with Crippen molar-refractivity contribution in [1.29, 1.82) is 0 Å². The van der Waals surface area contributed by atoms with Gasteiger partial charge in [0.05, 0.1) is 12.2 Å². The van der Waals surface area contributed by atoms with Crippen LogP contribution < -0.4 is 5.32 Å². The maximum Gasteiger partial charge on any atom is 0.0693 e. The number of methoxy groups -OCH3 is 1. The molecule has 1 fully saturated rings. The highest BCUT2D eigenvalue weighted by Crippen LogP contribution is 2.24. The second-order valence-electron chi connectivity index (χ2n) is 4.47. The first-order chi connectivity index (χ1) is 6.63. The van der Waals surface area contributed by atoms with Gasteiger partial charge in [-0.05, 0) is 45.6 Å². The average Bonchev–Trinajstić information content (AvgIpc) is 2.59. The molecule has 1 aliphatic carbocycles. The minimum Gasteiger partial charge on any atom is -0.393 e. The summed E-state index contributed by atoms with van der Waals surface area (Å²) in [5.41, 5.74) is 0. The van der Waals surface area contributed by atoms with Crippen molar-refractivity contribution < 1.29 is 9.84 Å². The Bertz CT molecular complexity index is 161. The van der Waals surface area contributed by atoms with Crippen molar-refractivity contribution >= 4 is 0 Å². The summed E-state index contributed by atoms with van der Waals surface area (Å²) in [4.78, 5) is 0. The fourth-order valence-corrected chi connectivity index (χ4v) is 1.96. The first-order valence-corrected chi connectivity index (χ1v) is 5.57. The number of nitrogens with one attached hydrogen (secondary N) is 1. The lowest BCUT2D eigenvalue weighted by Gasteiger charge is -2.21. The second kappa shape index (κ2) is 5.69. The summed E-state index contributed by atoms with van der Waals surface area (Å²) in [6.07, 6.45) is 3.28. The molecular weight excluding hydrogens is 178 g/mol. The van der Waals surface area contributed by atoms with Crippen LogP contribution in [0.2, 0.25) is 0 Å². The summed E-state index contributed by atoms with van der Waals surface area (Å²) in [5, 5.41) is 12.8. The second-order valence-corrected chi connectivity index (χ2v) is 4.47. The molecule has 0 aliphatic heterocycles. The zero-order valence-electron chi connectivity index (χ0n) is 9.49. The molecule has 0 aromatic heterocycles. The Morgan fingerprint density at radius 2 is 2.14 bits per heavy atom. The summed E-state index contributed by atoms with van der Waals surface area (Å²) < 4.78 is 5.24. The molecule has 1 rings (SSSR count). The Kier molecular flexibility index (Phi) is 4.85. The van der Waals surface area contributed by atoms with Crippen LogP contribution in [-0.4, -0.2) is 37.0 Å². The molecule has 4 atom stereocenters. The van der Waals surface area contributed by atoms with Crippen molar-refractivity contribution in [2.75, 3.05) is 13.7 Å². The highest BCUT2D eigenvalue weighted by atomic mass is 16.5. The minimum absolute atomic E-state index is 0.0584. The van der Waals surface area contributed by atoms with Crippen LogP contribution in [0.15, 0.2) is 0 Å². The van der Waals surface area contributed by atoms with E-state index in [9.17, 15) is 5.11 Å². The van der Waals surface area contributed by atoms with Gasteiger partial charge in [0.25, 0.3) is 0 Å². The first-order valence-electron chi connectivity index (χ1n) is 5.57. The smallest absolute Gasteiger partial charge is 0.0693 e. The number of hydrogen-bond acceptors (Lipinski definition) is 3. The van der Waals surface area contributed by atoms with Crippen LogP contribution in [0.3, 0.4) is 0 Å². The molecule has 0 radical (unpaired) electrons. The first kappa shape index (κ1) is 12.0. The predicted octanol–water partition coefficient (Wildman–Crippen LogP) is 1.16. The molecule has 0 aromatic carbocycles. The van der Waals surface area contributed by atoms with E-state index in [-0.39, 0.29) is 12.2 Å². The van der Waals surface area contributed by atoms with E-state index < -0.39 is 0 Å². The van der Waals surface area contributed by atoms with Gasteiger partial charge in [-0.15, -0.1) is 0 Å². The molecule has 0 bridgehead atoms. The van der Waals surface area contributed by atoms with E-state index in [0.717, 1.165) is 25.8 Å². The van der Waals surface area contributed by atoms with Crippen molar-refractivity contribution in [3.8, 4) is 0 Å². The summed E-state index contributed by atoms with van der Waals surface area (Å²) in [7, 11) is 1.74. The van der Waals surface area contributed by atoms with Crippen LogP contribution in [0.25, 0.3) is 0 Å². The van der Waals surface area contributed by atoms with Gasteiger partial charge in [0, 0.05) is 13.2 Å². The van der Waals surface area contributed by atoms with Crippen molar-refractivity contribution in [2.24, 2.45) is 5.92 Å². The van der Waals surface area contributed by atoms with E-state index in [4.69, 9.17) is 4.74 Å². The van der Waals surface area contributed by atoms with Gasteiger partial charge in [0.1, 0.15) is 0 Å². The minimum atomic E-state index is -0.0584. The van der Waals surface area contributed by atoms with Gasteiger partial charge in [-0.25, -0.2) is 0 Å². The maximum absolute atomic E-state index is 9.37. The third-order valence-corrected chi connectivity index (χ3v) is 3.32. The van der Waals surface area contributed by atoms with Crippen molar-refractivity contribution in [3.05, 3.63) is 0 Å². The summed E-state index contributed by atoms with van der Waals surface area (Å²) in [6.45, 7) is 5.21. The summed E-state index contributed by atoms with van der Waals surface area (Å²) in [6, 6.07) is 0.387. The summed E-state index contributed by atoms with van der Waals surface area (Å²) >= 11 is 0. The Morgan fingerprint density at radius 3 is 2.64 bits per heavy atom. The number of hydrogen-bond donors (Lipinski definition) is 2. The van der Waals surface area contributed by atoms with Crippen LogP contribution in [0.1, 0.15) is 33.1 Å². The van der Waals surface area contributed by atoms with Crippen molar-refractivity contribution in [1.82, 2.24) is 5.32 Å². The van der Waals surface area contributed by atoms with Crippen LogP contribution in [0.5, 0.6) is 0 Å². The van der Waals surface area contributed by atoms with Gasteiger partial charge >= 0.3 is 0 Å². The monoisotopic (exact) mass is 201 g/mol. The molecule has 3 heteroatoms. The highest BCUT2D eigenvalue weighted by Gasteiger charge is 2.23.